The lowest BCUT2D eigenvalue weighted by molar-refractivity contribution is -0.137. The zero-order valence-corrected chi connectivity index (χ0v) is 18.3. The Kier molecular flexibility index (Phi) is 6.38. The van der Waals surface area contributed by atoms with Crippen LogP contribution in [-0.2, 0) is 6.18 Å². The molecule has 0 saturated carbocycles. The van der Waals surface area contributed by atoms with E-state index in [0.717, 1.165) is 6.07 Å². The van der Waals surface area contributed by atoms with Crippen LogP contribution < -0.4 is 19.5 Å². The number of aryl methyl sites for hydroxylation is 1. The van der Waals surface area contributed by atoms with Crippen LogP contribution in [0.1, 0.15) is 27.3 Å². The lowest BCUT2D eigenvalue weighted by Gasteiger charge is -2.17. The number of para-hydroxylation sites is 1. The van der Waals surface area contributed by atoms with Crippen LogP contribution >= 0.6 is 0 Å². The number of nitrogens with one attached hydrogen (secondary N) is 1. The van der Waals surface area contributed by atoms with Crippen molar-refractivity contribution < 1.29 is 32.2 Å². The number of carbonyl (C=O) groups is 1. The normalized spacial score (nSPS) is 11.2. The van der Waals surface area contributed by atoms with E-state index in [-0.39, 0.29) is 11.3 Å². The molecule has 9 heteroatoms. The molecule has 0 aliphatic rings. The van der Waals surface area contributed by atoms with Crippen LogP contribution in [-0.4, -0.2) is 31.8 Å². The predicted molar refractivity (Wildman–Crippen MR) is 114 cm³/mol. The summed E-state index contributed by atoms with van der Waals surface area (Å²) in [6.45, 7) is 3.25. The van der Waals surface area contributed by atoms with Crippen molar-refractivity contribution in [2.75, 3.05) is 26.6 Å². The van der Waals surface area contributed by atoms with Gasteiger partial charge in [0.1, 0.15) is 0 Å². The fraction of sp³-hybridized carbons (Fsp3) is 0.261. The third-order valence-electron chi connectivity index (χ3n) is 5.05. The number of aromatic nitrogens is 1. The zero-order chi connectivity index (χ0) is 23.6. The Hall–Kier alpha value is -3.62. The van der Waals surface area contributed by atoms with E-state index in [1.807, 2.05) is 0 Å². The van der Waals surface area contributed by atoms with Gasteiger partial charge in [0.05, 0.1) is 38.1 Å². The predicted octanol–water partition coefficient (Wildman–Crippen LogP) is 5.39. The number of methoxy groups -OCH3 is 3. The molecule has 1 amide bonds. The van der Waals surface area contributed by atoms with Gasteiger partial charge in [-0.05, 0) is 32.0 Å². The number of nitrogens with zero attached hydrogens (tertiary/aromatic N) is 1. The highest BCUT2D eigenvalue weighted by Crippen LogP contribution is 2.40. The molecule has 3 aromatic rings. The number of anilines is 1. The molecule has 0 fully saturated rings. The average molecular weight is 448 g/mol. The third-order valence-corrected chi connectivity index (χ3v) is 5.05. The second kappa shape index (κ2) is 8.86. The van der Waals surface area contributed by atoms with E-state index in [2.05, 4.69) is 5.32 Å². The number of benzene rings is 2. The Morgan fingerprint density at radius 3 is 2.06 bits per heavy atom. The van der Waals surface area contributed by atoms with Gasteiger partial charge in [0, 0.05) is 29.2 Å². The number of ether oxygens (including phenoxy) is 3. The average Bonchev–Trinajstić information content (AvgIpc) is 3.06. The van der Waals surface area contributed by atoms with Gasteiger partial charge in [0.15, 0.2) is 11.5 Å². The largest absolute Gasteiger partial charge is 0.493 e. The van der Waals surface area contributed by atoms with Gasteiger partial charge in [-0.1, -0.05) is 12.1 Å². The molecule has 0 aliphatic heterocycles. The first-order valence-corrected chi connectivity index (χ1v) is 9.59. The van der Waals surface area contributed by atoms with Crippen LogP contribution in [0.4, 0.5) is 18.9 Å². The Bertz CT molecular complexity index is 1130. The van der Waals surface area contributed by atoms with Crippen molar-refractivity contribution >= 4 is 11.6 Å². The topological polar surface area (TPSA) is 61.7 Å². The van der Waals surface area contributed by atoms with Crippen LogP contribution in [0, 0.1) is 13.8 Å². The number of carbonyl (C=O) groups excluding carboxylic acids is 1. The number of halogens is 3. The maximum atomic E-state index is 13.5. The monoisotopic (exact) mass is 448 g/mol. The van der Waals surface area contributed by atoms with Crippen molar-refractivity contribution in [1.82, 2.24) is 4.57 Å². The lowest BCUT2D eigenvalue weighted by atomic mass is 10.1. The summed E-state index contributed by atoms with van der Waals surface area (Å²) in [6, 6.07) is 9.94. The number of alkyl halides is 3. The van der Waals surface area contributed by atoms with Gasteiger partial charge in [-0.3, -0.25) is 4.79 Å². The van der Waals surface area contributed by atoms with Gasteiger partial charge in [0.2, 0.25) is 5.75 Å². The highest BCUT2D eigenvalue weighted by atomic mass is 19.4. The third kappa shape index (κ3) is 4.23. The standard InChI is InChI=1S/C23H23F3N2O4/c1-13-10-16(14(2)28(13)18-9-7-6-8-17(18)23(24,25)26)22(29)27-15-11-19(30-3)21(32-5)20(12-15)31-4/h6-12H,1-5H3,(H,27,29). The van der Waals surface area contributed by atoms with Gasteiger partial charge >= 0.3 is 6.18 Å². The molecule has 0 aliphatic carbocycles. The van der Waals surface area contributed by atoms with Crippen molar-refractivity contribution in [3.8, 4) is 22.9 Å². The van der Waals surface area contributed by atoms with E-state index < -0.39 is 17.6 Å². The summed E-state index contributed by atoms with van der Waals surface area (Å²) in [5.74, 6) is 0.594. The first-order chi connectivity index (χ1) is 15.1. The maximum absolute atomic E-state index is 13.5. The molecular weight excluding hydrogens is 425 g/mol. The van der Waals surface area contributed by atoms with Crippen LogP contribution in [0.2, 0.25) is 0 Å². The lowest BCUT2D eigenvalue weighted by Crippen LogP contribution is -2.15. The van der Waals surface area contributed by atoms with Gasteiger partial charge in [-0.2, -0.15) is 13.2 Å². The molecule has 3 rings (SSSR count). The summed E-state index contributed by atoms with van der Waals surface area (Å²) >= 11 is 0. The summed E-state index contributed by atoms with van der Waals surface area (Å²) in [5.41, 5.74) is 0.678. The number of rotatable bonds is 6. The molecule has 0 bridgehead atoms. The Labute approximate surface area is 183 Å². The van der Waals surface area contributed by atoms with Gasteiger partial charge in [-0.25, -0.2) is 0 Å². The first-order valence-electron chi connectivity index (χ1n) is 9.59. The van der Waals surface area contributed by atoms with Gasteiger partial charge < -0.3 is 24.1 Å². The van der Waals surface area contributed by atoms with Crippen molar-refractivity contribution in [2.24, 2.45) is 0 Å². The number of hydrogen-bond donors (Lipinski definition) is 1. The molecule has 0 unspecified atom stereocenters. The summed E-state index contributed by atoms with van der Waals surface area (Å²) in [7, 11) is 4.37. The first kappa shape index (κ1) is 23.1. The highest BCUT2D eigenvalue weighted by molar-refractivity contribution is 6.05. The van der Waals surface area contributed by atoms with Crippen LogP contribution in [0.25, 0.3) is 5.69 Å². The van der Waals surface area contributed by atoms with Crippen LogP contribution in [0.15, 0.2) is 42.5 Å². The van der Waals surface area contributed by atoms with Gasteiger partial charge in [-0.15, -0.1) is 0 Å². The van der Waals surface area contributed by atoms with Gasteiger partial charge in [0.25, 0.3) is 5.91 Å². The Morgan fingerprint density at radius 1 is 0.938 bits per heavy atom. The minimum absolute atomic E-state index is 0.0400. The summed E-state index contributed by atoms with van der Waals surface area (Å²) < 4.78 is 57.9. The maximum Gasteiger partial charge on any atom is 0.418 e. The summed E-state index contributed by atoms with van der Waals surface area (Å²) in [6.07, 6.45) is -4.53. The molecule has 0 spiro atoms. The molecule has 32 heavy (non-hydrogen) atoms. The van der Waals surface area contributed by atoms with E-state index in [1.165, 1.54) is 44.1 Å². The second-order valence-electron chi connectivity index (χ2n) is 7.00. The van der Waals surface area contributed by atoms with E-state index in [1.54, 1.807) is 32.0 Å². The minimum atomic E-state index is -4.53. The molecule has 0 radical (unpaired) electrons. The fourth-order valence-corrected chi connectivity index (χ4v) is 3.62. The molecule has 170 valence electrons. The van der Waals surface area contributed by atoms with E-state index >= 15 is 0 Å². The molecule has 2 aromatic carbocycles. The van der Waals surface area contributed by atoms with Crippen molar-refractivity contribution in [3.63, 3.8) is 0 Å². The fourth-order valence-electron chi connectivity index (χ4n) is 3.62. The molecular formula is C23H23F3N2O4. The van der Waals surface area contributed by atoms with Crippen molar-refractivity contribution in [1.29, 1.82) is 0 Å². The molecule has 0 atom stereocenters. The quantitative estimate of drug-likeness (QED) is 0.549. The zero-order valence-electron chi connectivity index (χ0n) is 18.3. The molecule has 1 N–H and O–H groups in total. The highest BCUT2D eigenvalue weighted by Gasteiger charge is 2.34. The van der Waals surface area contributed by atoms with Crippen LogP contribution in [0.3, 0.4) is 0 Å². The Balaban J connectivity index is 2.01. The van der Waals surface area contributed by atoms with Crippen molar-refractivity contribution in [3.05, 3.63) is 65.0 Å². The van der Waals surface area contributed by atoms with E-state index in [4.69, 9.17) is 14.2 Å². The van der Waals surface area contributed by atoms with E-state index in [0.29, 0.717) is 34.3 Å². The summed E-state index contributed by atoms with van der Waals surface area (Å²) in [4.78, 5) is 13.0. The number of amides is 1. The molecule has 0 saturated heterocycles. The SMILES string of the molecule is COc1cc(NC(=O)c2cc(C)n(-c3ccccc3C(F)(F)F)c2C)cc(OC)c1OC. The second-order valence-corrected chi connectivity index (χ2v) is 7.00. The molecule has 1 heterocycles. The van der Waals surface area contributed by atoms with Crippen molar-refractivity contribution in [2.45, 2.75) is 20.0 Å². The number of hydrogen-bond acceptors (Lipinski definition) is 4. The molecule has 6 nitrogen and oxygen atoms in total. The minimum Gasteiger partial charge on any atom is -0.493 e. The van der Waals surface area contributed by atoms with E-state index in [9.17, 15) is 18.0 Å². The summed E-state index contributed by atoms with van der Waals surface area (Å²) in [5, 5.41) is 2.75. The smallest absolute Gasteiger partial charge is 0.418 e. The Morgan fingerprint density at radius 2 is 1.53 bits per heavy atom. The molecule has 1 aromatic heterocycles. The van der Waals surface area contributed by atoms with Crippen LogP contribution in [0.5, 0.6) is 17.2 Å².